The molecular formula is C13H16N3O2+. The Morgan fingerprint density at radius 1 is 1.56 bits per heavy atom. The molecule has 1 unspecified atom stereocenters. The standard InChI is InChI=1S/C13H16N3O2/c1-3-18-13(17)12-8-15-16(9(12)2)11-6-4-5-10(14)7-11/h4-8,12H,3,14H2,1-2H3/q+1. The third-order valence-electron chi connectivity index (χ3n) is 2.77. The second-order valence-electron chi connectivity index (χ2n) is 4.04. The van der Waals surface area contributed by atoms with E-state index in [-0.39, 0.29) is 5.97 Å². The van der Waals surface area contributed by atoms with E-state index in [4.69, 9.17) is 10.5 Å². The summed E-state index contributed by atoms with van der Waals surface area (Å²) in [7, 11) is 0. The quantitative estimate of drug-likeness (QED) is 0.500. The van der Waals surface area contributed by atoms with Gasteiger partial charge in [0.25, 0.3) is 0 Å². The second kappa shape index (κ2) is 5.00. The van der Waals surface area contributed by atoms with Gasteiger partial charge in [-0.2, -0.15) is 0 Å². The summed E-state index contributed by atoms with van der Waals surface area (Å²) in [5.74, 6) is -0.684. The first-order valence-electron chi connectivity index (χ1n) is 5.83. The van der Waals surface area contributed by atoms with Gasteiger partial charge in [-0.05, 0) is 18.1 Å². The van der Waals surface area contributed by atoms with E-state index in [0.29, 0.717) is 12.3 Å². The molecular weight excluding hydrogens is 230 g/mol. The Kier molecular flexibility index (Phi) is 3.41. The molecule has 0 bridgehead atoms. The van der Waals surface area contributed by atoms with Gasteiger partial charge in [0.05, 0.1) is 12.8 Å². The summed E-state index contributed by atoms with van der Waals surface area (Å²) in [5.41, 5.74) is 8.06. The van der Waals surface area contributed by atoms with Gasteiger partial charge >= 0.3 is 5.97 Å². The summed E-state index contributed by atoms with van der Waals surface area (Å²) in [4.78, 5) is 11.7. The monoisotopic (exact) mass is 246 g/mol. The molecule has 1 heterocycles. The normalized spacial score (nSPS) is 18.2. The van der Waals surface area contributed by atoms with Crippen LogP contribution in [0.15, 0.2) is 29.4 Å². The lowest BCUT2D eigenvalue weighted by atomic mass is 10.1. The molecule has 0 saturated heterocycles. The van der Waals surface area contributed by atoms with Crippen LogP contribution in [-0.4, -0.2) is 29.2 Å². The number of hydrazone groups is 1. The predicted octanol–water partition coefficient (Wildman–Crippen LogP) is 1.55. The summed E-state index contributed by atoms with van der Waals surface area (Å²) in [6.45, 7) is 4.02. The molecule has 1 aliphatic rings. The smallest absolute Gasteiger partial charge is 0.325 e. The van der Waals surface area contributed by atoms with Crippen molar-refractivity contribution in [3.63, 3.8) is 0 Å². The van der Waals surface area contributed by atoms with Crippen LogP contribution in [0.3, 0.4) is 0 Å². The summed E-state index contributed by atoms with van der Waals surface area (Å²) in [5, 5.41) is 4.23. The van der Waals surface area contributed by atoms with Crippen LogP contribution in [-0.2, 0) is 9.53 Å². The van der Waals surface area contributed by atoms with Gasteiger partial charge in [-0.1, -0.05) is 10.8 Å². The minimum atomic E-state index is -0.411. The van der Waals surface area contributed by atoms with Crippen LogP contribution in [0.4, 0.5) is 11.4 Å². The number of rotatable bonds is 3. The van der Waals surface area contributed by atoms with E-state index in [1.807, 2.05) is 25.1 Å². The fourth-order valence-electron chi connectivity index (χ4n) is 1.85. The Bertz CT molecular complexity index is 535. The summed E-state index contributed by atoms with van der Waals surface area (Å²) in [6, 6.07) is 7.37. The lowest BCUT2D eigenvalue weighted by Crippen LogP contribution is -2.25. The SMILES string of the molecule is CCOC(=O)C1C=N[N+](c2cccc(N)c2)=C1C. The van der Waals surface area contributed by atoms with Crippen molar-refractivity contribution in [2.24, 2.45) is 11.0 Å². The summed E-state index contributed by atoms with van der Waals surface area (Å²) < 4.78 is 6.71. The first-order chi connectivity index (χ1) is 8.63. The fourth-order valence-corrected chi connectivity index (χ4v) is 1.85. The number of carbonyl (C=O) groups is 1. The Hall–Kier alpha value is -2.17. The average molecular weight is 246 g/mol. The van der Waals surface area contributed by atoms with Crippen molar-refractivity contribution in [1.82, 2.24) is 0 Å². The van der Waals surface area contributed by atoms with Crippen molar-refractivity contribution >= 4 is 29.3 Å². The van der Waals surface area contributed by atoms with Crippen molar-refractivity contribution in [1.29, 1.82) is 0 Å². The first-order valence-corrected chi connectivity index (χ1v) is 5.83. The molecule has 0 spiro atoms. The molecule has 1 aromatic carbocycles. The van der Waals surface area contributed by atoms with Gasteiger partial charge in [0.15, 0.2) is 5.92 Å². The maximum absolute atomic E-state index is 11.7. The van der Waals surface area contributed by atoms with Gasteiger partial charge in [0.2, 0.25) is 11.4 Å². The van der Waals surface area contributed by atoms with Crippen LogP contribution in [0.25, 0.3) is 0 Å². The highest BCUT2D eigenvalue weighted by atomic mass is 16.5. The van der Waals surface area contributed by atoms with Crippen molar-refractivity contribution < 1.29 is 14.2 Å². The molecule has 1 aliphatic heterocycles. The second-order valence-corrected chi connectivity index (χ2v) is 4.04. The van der Waals surface area contributed by atoms with Gasteiger partial charge in [0, 0.05) is 24.7 Å². The van der Waals surface area contributed by atoms with Gasteiger partial charge in [0.1, 0.15) is 0 Å². The molecule has 0 radical (unpaired) electrons. The van der Waals surface area contributed by atoms with Crippen molar-refractivity contribution in [2.45, 2.75) is 13.8 Å². The van der Waals surface area contributed by atoms with E-state index in [9.17, 15) is 4.79 Å². The Morgan fingerprint density at radius 3 is 3.00 bits per heavy atom. The number of anilines is 1. The van der Waals surface area contributed by atoms with E-state index >= 15 is 0 Å². The number of carbonyl (C=O) groups excluding carboxylic acids is 1. The number of nitrogens with zero attached hydrogens (tertiary/aromatic N) is 2. The zero-order chi connectivity index (χ0) is 13.1. The molecule has 18 heavy (non-hydrogen) atoms. The largest absolute Gasteiger partial charge is 0.465 e. The molecule has 0 saturated carbocycles. The molecule has 1 atom stereocenters. The number of benzene rings is 1. The Labute approximate surface area is 106 Å². The third-order valence-corrected chi connectivity index (χ3v) is 2.77. The average Bonchev–Trinajstić information content (AvgIpc) is 2.71. The summed E-state index contributed by atoms with van der Waals surface area (Å²) >= 11 is 0. The van der Waals surface area contributed by atoms with E-state index in [1.54, 1.807) is 23.9 Å². The number of hydrogen-bond donors (Lipinski definition) is 1. The van der Waals surface area contributed by atoms with Crippen LogP contribution in [0, 0.1) is 5.92 Å². The van der Waals surface area contributed by atoms with E-state index in [2.05, 4.69) is 5.10 Å². The van der Waals surface area contributed by atoms with E-state index in [0.717, 1.165) is 11.4 Å². The van der Waals surface area contributed by atoms with Crippen molar-refractivity contribution in [3.8, 4) is 0 Å². The molecule has 0 aliphatic carbocycles. The predicted molar refractivity (Wildman–Crippen MR) is 70.1 cm³/mol. The molecule has 2 N–H and O–H groups in total. The van der Waals surface area contributed by atoms with Crippen molar-refractivity contribution in [3.05, 3.63) is 24.3 Å². The molecule has 1 aromatic rings. The molecule has 94 valence electrons. The maximum atomic E-state index is 11.7. The first kappa shape index (κ1) is 12.3. The third kappa shape index (κ3) is 2.25. The Balaban J connectivity index is 2.30. The number of hydrogen-bond acceptors (Lipinski definition) is 4. The molecule has 0 fully saturated rings. The highest BCUT2D eigenvalue weighted by molar-refractivity contribution is 6.13. The Morgan fingerprint density at radius 2 is 2.33 bits per heavy atom. The van der Waals surface area contributed by atoms with Crippen LogP contribution >= 0.6 is 0 Å². The van der Waals surface area contributed by atoms with Crippen LogP contribution in [0.2, 0.25) is 0 Å². The maximum Gasteiger partial charge on any atom is 0.325 e. The van der Waals surface area contributed by atoms with E-state index in [1.165, 1.54) is 0 Å². The number of nitrogens with two attached hydrogens (primary N) is 1. The molecule has 2 rings (SSSR count). The number of ether oxygens (including phenoxy) is 1. The lowest BCUT2D eigenvalue weighted by molar-refractivity contribution is -0.442. The fraction of sp³-hybridized carbons (Fsp3) is 0.308. The zero-order valence-corrected chi connectivity index (χ0v) is 10.5. The van der Waals surface area contributed by atoms with Gasteiger partial charge in [-0.3, -0.25) is 4.79 Å². The number of esters is 1. The molecule has 0 aromatic heterocycles. The molecule has 5 heteroatoms. The minimum Gasteiger partial charge on any atom is -0.465 e. The molecule has 0 amide bonds. The van der Waals surface area contributed by atoms with Crippen LogP contribution in [0.5, 0.6) is 0 Å². The minimum absolute atomic E-state index is 0.273. The van der Waals surface area contributed by atoms with Crippen LogP contribution < -0.4 is 5.73 Å². The van der Waals surface area contributed by atoms with Gasteiger partial charge in [-0.15, -0.1) is 0 Å². The highest BCUT2D eigenvalue weighted by Crippen LogP contribution is 2.20. The highest BCUT2D eigenvalue weighted by Gasteiger charge is 2.35. The van der Waals surface area contributed by atoms with Gasteiger partial charge in [-0.25, -0.2) is 0 Å². The number of nitrogen functional groups attached to an aromatic ring is 1. The molecule has 5 nitrogen and oxygen atoms in total. The van der Waals surface area contributed by atoms with Crippen LogP contribution in [0.1, 0.15) is 13.8 Å². The topological polar surface area (TPSA) is 67.7 Å². The zero-order valence-electron chi connectivity index (χ0n) is 10.5. The van der Waals surface area contributed by atoms with Gasteiger partial charge < -0.3 is 10.5 Å². The van der Waals surface area contributed by atoms with Crippen molar-refractivity contribution in [2.75, 3.05) is 12.3 Å². The van der Waals surface area contributed by atoms with E-state index < -0.39 is 5.92 Å². The summed E-state index contributed by atoms with van der Waals surface area (Å²) in [6.07, 6.45) is 1.59. The lowest BCUT2D eigenvalue weighted by Gasteiger charge is -2.03.